The molecule has 0 aliphatic carbocycles. The molecule has 1 aromatic heterocycles. The van der Waals surface area contributed by atoms with Gasteiger partial charge in [0.25, 0.3) is 0 Å². The highest BCUT2D eigenvalue weighted by Crippen LogP contribution is 2.10. The first-order valence-electron chi connectivity index (χ1n) is 6.55. The summed E-state index contributed by atoms with van der Waals surface area (Å²) in [5.74, 6) is 0.910. The second-order valence-electron chi connectivity index (χ2n) is 4.62. The first-order chi connectivity index (χ1) is 8.67. The highest BCUT2D eigenvalue weighted by molar-refractivity contribution is 5.05. The lowest BCUT2D eigenvalue weighted by molar-refractivity contribution is 0.117. The summed E-state index contributed by atoms with van der Waals surface area (Å²) in [5.41, 5.74) is 0.960. The Morgan fingerprint density at radius 2 is 2.28 bits per heavy atom. The van der Waals surface area contributed by atoms with Crippen LogP contribution in [0.1, 0.15) is 32.2 Å². The summed E-state index contributed by atoms with van der Waals surface area (Å²) < 4.78 is 10.5. The Morgan fingerprint density at radius 1 is 1.50 bits per heavy atom. The van der Waals surface area contributed by atoms with Gasteiger partial charge < -0.3 is 14.6 Å². The van der Waals surface area contributed by atoms with Crippen molar-refractivity contribution >= 4 is 0 Å². The molecule has 1 aromatic rings. The van der Waals surface area contributed by atoms with Crippen LogP contribution in [0.5, 0.6) is 0 Å². The first kappa shape index (κ1) is 15.1. The topological polar surface area (TPSA) is 50.5 Å². The fourth-order valence-corrected chi connectivity index (χ4v) is 1.70. The molecule has 1 N–H and O–H groups in total. The van der Waals surface area contributed by atoms with Gasteiger partial charge in [-0.25, -0.2) is 0 Å². The number of ether oxygens (including phenoxy) is 1. The van der Waals surface area contributed by atoms with Crippen LogP contribution in [0.3, 0.4) is 0 Å². The third-order valence-electron chi connectivity index (χ3n) is 2.84. The van der Waals surface area contributed by atoms with Crippen LogP contribution in [-0.4, -0.2) is 42.9 Å². The van der Waals surface area contributed by atoms with E-state index in [1.807, 2.05) is 6.07 Å². The summed E-state index contributed by atoms with van der Waals surface area (Å²) >= 11 is 0. The Labute approximate surface area is 109 Å². The van der Waals surface area contributed by atoms with E-state index >= 15 is 0 Å². The van der Waals surface area contributed by atoms with Crippen LogP contribution < -0.4 is 5.32 Å². The second kappa shape index (κ2) is 8.24. The fraction of sp³-hybridized carbons (Fsp3) is 0.769. The van der Waals surface area contributed by atoms with E-state index in [1.54, 1.807) is 7.11 Å². The van der Waals surface area contributed by atoms with Gasteiger partial charge in [-0.1, -0.05) is 12.1 Å². The van der Waals surface area contributed by atoms with Crippen LogP contribution in [0.4, 0.5) is 0 Å². The Balaban J connectivity index is 2.49. The van der Waals surface area contributed by atoms with Gasteiger partial charge in [0.15, 0.2) is 5.76 Å². The van der Waals surface area contributed by atoms with Gasteiger partial charge in [-0.3, -0.25) is 4.90 Å². The molecule has 0 amide bonds. The van der Waals surface area contributed by atoms with E-state index in [2.05, 4.69) is 36.1 Å². The molecule has 0 spiro atoms. The van der Waals surface area contributed by atoms with Gasteiger partial charge in [0.1, 0.15) is 0 Å². The zero-order valence-corrected chi connectivity index (χ0v) is 11.9. The average Bonchev–Trinajstić information content (AvgIpc) is 2.79. The summed E-state index contributed by atoms with van der Waals surface area (Å²) in [6.07, 6.45) is 0. The predicted molar refractivity (Wildman–Crippen MR) is 71.3 cm³/mol. The van der Waals surface area contributed by atoms with Gasteiger partial charge in [0, 0.05) is 32.3 Å². The SMILES string of the molecule is CCNCc1cc(CN(CCOC)C(C)C)on1. The van der Waals surface area contributed by atoms with Crippen molar-refractivity contribution in [2.75, 3.05) is 26.8 Å². The van der Waals surface area contributed by atoms with E-state index in [-0.39, 0.29) is 0 Å². The number of methoxy groups -OCH3 is 1. The van der Waals surface area contributed by atoms with Gasteiger partial charge in [-0.15, -0.1) is 0 Å². The molecule has 0 fully saturated rings. The quantitative estimate of drug-likeness (QED) is 0.727. The third-order valence-corrected chi connectivity index (χ3v) is 2.84. The molecule has 0 saturated carbocycles. The summed E-state index contributed by atoms with van der Waals surface area (Å²) in [6.45, 7) is 10.5. The summed E-state index contributed by atoms with van der Waals surface area (Å²) in [7, 11) is 1.72. The molecule has 5 nitrogen and oxygen atoms in total. The van der Waals surface area contributed by atoms with Crippen LogP contribution in [0.25, 0.3) is 0 Å². The monoisotopic (exact) mass is 255 g/mol. The highest BCUT2D eigenvalue weighted by Gasteiger charge is 2.13. The van der Waals surface area contributed by atoms with E-state index in [4.69, 9.17) is 9.26 Å². The van der Waals surface area contributed by atoms with Crippen molar-refractivity contribution in [1.29, 1.82) is 0 Å². The van der Waals surface area contributed by atoms with Crippen LogP contribution in [0.15, 0.2) is 10.6 Å². The van der Waals surface area contributed by atoms with Crippen molar-refractivity contribution in [3.63, 3.8) is 0 Å². The Hall–Kier alpha value is -0.910. The lowest BCUT2D eigenvalue weighted by atomic mass is 10.2. The number of hydrogen-bond acceptors (Lipinski definition) is 5. The Kier molecular flexibility index (Phi) is 6.93. The van der Waals surface area contributed by atoms with Crippen LogP contribution in [0, 0.1) is 0 Å². The molecule has 104 valence electrons. The average molecular weight is 255 g/mol. The van der Waals surface area contributed by atoms with Crippen molar-refractivity contribution in [3.8, 4) is 0 Å². The lowest BCUT2D eigenvalue weighted by Gasteiger charge is -2.24. The maximum atomic E-state index is 5.35. The van der Waals surface area contributed by atoms with Crippen LogP contribution in [0.2, 0.25) is 0 Å². The van der Waals surface area contributed by atoms with E-state index in [1.165, 1.54) is 0 Å². The first-order valence-corrected chi connectivity index (χ1v) is 6.55. The Morgan fingerprint density at radius 3 is 2.89 bits per heavy atom. The molecule has 0 atom stereocenters. The second-order valence-corrected chi connectivity index (χ2v) is 4.62. The molecule has 0 aromatic carbocycles. The van der Waals surface area contributed by atoms with E-state index < -0.39 is 0 Å². The number of aromatic nitrogens is 1. The van der Waals surface area contributed by atoms with Gasteiger partial charge in [-0.2, -0.15) is 0 Å². The van der Waals surface area contributed by atoms with E-state index in [0.29, 0.717) is 6.04 Å². The predicted octanol–water partition coefficient (Wildman–Crippen LogP) is 1.64. The van der Waals surface area contributed by atoms with Crippen molar-refractivity contribution in [2.24, 2.45) is 0 Å². The molecule has 1 rings (SSSR count). The zero-order chi connectivity index (χ0) is 13.4. The highest BCUT2D eigenvalue weighted by atomic mass is 16.5. The summed E-state index contributed by atoms with van der Waals surface area (Å²) in [6, 6.07) is 2.48. The van der Waals surface area contributed by atoms with Crippen molar-refractivity contribution in [2.45, 2.75) is 39.9 Å². The molecule has 0 unspecified atom stereocenters. The zero-order valence-electron chi connectivity index (χ0n) is 11.9. The molecule has 0 radical (unpaired) electrons. The molecule has 0 saturated heterocycles. The van der Waals surface area contributed by atoms with Crippen molar-refractivity contribution < 1.29 is 9.26 Å². The molecule has 5 heteroatoms. The van der Waals surface area contributed by atoms with Crippen molar-refractivity contribution in [1.82, 2.24) is 15.4 Å². The van der Waals surface area contributed by atoms with Crippen LogP contribution in [-0.2, 0) is 17.8 Å². The molecule has 0 bridgehead atoms. The number of rotatable bonds is 9. The number of nitrogens with one attached hydrogen (secondary N) is 1. The summed E-state index contributed by atoms with van der Waals surface area (Å²) in [4.78, 5) is 2.31. The fourth-order valence-electron chi connectivity index (χ4n) is 1.70. The minimum absolute atomic E-state index is 0.461. The van der Waals surface area contributed by atoms with Gasteiger partial charge in [-0.05, 0) is 20.4 Å². The van der Waals surface area contributed by atoms with Gasteiger partial charge >= 0.3 is 0 Å². The third kappa shape index (κ3) is 5.16. The minimum atomic E-state index is 0.461. The summed E-state index contributed by atoms with van der Waals surface area (Å²) in [5, 5.41) is 7.28. The van der Waals surface area contributed by atoms with E-state index in [9.17, 15) is 0 Å². The van der Waals surface area contributed by atoms with Crippen molar-refractivity contribution in [3.05, 3.63) is 17.5 Å². The standard InChI is InChI=1S/C13H25N3O2/c1-5-14-9-12-8-13(18-15-12)10-16(11(2)3)6-7-17-4/h8,11,14H,5-7,9-10H2,1-4H3. The van der Waals surface area contributed by atoms with Crippen LogP contribution >= 0.6 is 0 Å². The Bertz CT molecular complexity index is 326. The number of nitrogens with zero attached hydrogens (tertiary/aromatic N) is 2. The number of hydrogen-bond donors (Lipinski definition) is 1. The normalized spacial score (nSPS) is 11.7. The van der Waals surface area contributed by atoms with Gasteiger partial charge in [0.2, 0.25) is 0 Å². The smallest absolute Gasteiger partial charge is 0.151 e. The largest absolute Gasteiger partial charge is 0.383 e. The lowest BCUT2D eigenvalue weighted by Crippen LogP contribution is -2.33. The molecule has 0 aliphatic rings. The molecule has 1 heterocycles. The molecule has 0 aliphatic heterocycles. The molecule has 18 heavy (non-hydrogen) atoms. The molecular weight excluding hydrogens is 230 g/mol. The van der Waals surface area contributed by atoms with E-state index in [0.717, 1.165) is 44.2 Å². The maximum Gasteiger partial charge on any atom is 0.151 e. The minimum Gasteiger partial charge on any atom is -0.383 e. The molecular formula is C13H25N3O2. The van der Waals surface area contributed by atoms with Gasteiger partial charge in [0.05, 0.1) is 18.8 Å². The maximum absolute atomic E-state index is 5.35.